The molecule has 0 aromatic rings. The summed E-state index contributed by atoms with van der Waals surface area (Å²) < 4.78 is 5.14. The van der Waals surface area contributed by atoms with Crippen molar-refractivity contribution < 1.29 is 14.6 Å². The van der Waals surface area contributed by atoms with Crippen LogP contribution in [0, 0.1) is 17.3 Å². The maximum Gasteiger partial charge on any atom is 0.314 e. The van der Waals surface area contributed by atoms with Crippen LogP contribution in [-0.2, 0) is 9.53 Å². The number of carbonyl (C=O) groups excluding carboxylic acids is 1. The van der Waals surface area contributed by atoms with E-state index in [1.165, 1.54) is 19.3 Å². The van der Waals surface area contributed by atoms with Crippen LogP contribution >= 0.6 is 0 Å². The topological polar surface area (TPSA) is 46.5 Å². The Hall–Kier alpha value is -0.570. The summed E-state index contributed by atoms with van der Waals surface area (Å²) in [4.78, 5) is 12.1. The van der Waals surface area contributed by atoms with Gasteiger partial charge in [0.05, 0.1) is 17.6 Å². The Labute approximate surface area is 110 Å². The predicted octanol–water partition coefficient (Wildman–Crippen LogP) is 2.91. The van der Waals surface area contributed by atoms with Crippen molar-refractivity contribution in [2.45, 2.75) is 64.9 Å². The zero-order chi connectivity index (χ0) is 13.4. The molecule has 18 heavy (non-hydrogen) atoms. The molecule has 2 saturated carbocycles. The lowest BCUT2D eigenvalue weighted by Gasteiger charge is -2.46. The van der Waals surface area contributed by atoms with Gasteiger partial charge in [0, 0.05) is 0 Å². The van der Waals surface area contributed by atoms with Gasteiger partial charge in [-0.25, -0.2) is 0 Å². The van der Waals surface area contributed by atoms with Crippen LogP contribution in [0.15, 0.2) is 0 Å². The Balaban J connectivity index is 2.10. The van der Waals surface area contributed by atoms with Gasteiger partial charge in [0.15, 0.2) is 0 Å². The highest BCUT2D eigenvalue weighted by molar-refractivity contribution is 5.77. The van der Waals surface area contributed by atoms with Crippen molar-refractivity contribution >= 4 is 5.97 Å². The first-order valence-corrected chi connectivity index (χ1v) is 7.30. The molecule has 2 rings (SSSR count). The van der Waals surface area contributed by atoms with Crippen molar-refractivity contribution in [3.8, 4) is 0 Å². The monoisotopic (exact) mass is 254 g/mol. The van der Waals surface area contributed by atoms with Crippen molar-refractivity contribution in [3.05, 3.63) is 0 Å². The highest BCUT2D eigenvalue weighted by atomic mass is 16.5. The molecule has 3 nitrogen and oxygen atoms in total. The summed E-state index contributed by atoms with van der Waals surface area (Å²) in [6.07, 6.45) is 6.35. The second-order valence-corrected chi connectivity index (χ2v) is 6.57. The Morgan fingerprint density at radius 3 is 2.56 bits per heavy atom. The van der Waals surface area contributed by atoms with Crippen LogP contribution in [0.1, 0.15) is 59.3 Å². The Morgan fingerprint density at radius 2 is 2.00 bits per heavy atom. The molecule has 2 fully saturated rings. The summed E-state index contributed by atoms with van der Waals surface area (Å²) in [5.41, 5.74) is -1.68. The molecule has 0 radical (unpaired) electrons. The largest absolute Gasteiger partial charge is 0.465 e. The van der Waals surface area contributed by atoms with Gasteiger partial charge in [0.25, 0.3) is 0 Å². The fourth-order valence-electron chi connectivity index (χ4n) is 3.33. The number of aliphatic hydroxyl groups is 1. The van der Waals surface area contributed by atoms with Gasteiger partial charge in [-0.15, -0.1) is 0 Å². The minimum atomic E-state index is -0.884. The van der Waals surface area contributed by atoms with E-state index in [0.717, 1.165) is 25.2 Å². The Bertz CT molecular complexity index is 320. The zero-order valence-electron chi connectivity index (χ0n) is 11.9. The molecule has 1 N–H and O–H groups in total. The molecule has 2 aliphatic rings. The third-order valence-corrected chi connectivity index (χ3v) is 5.00. The van der Waals surface area contributed by atoms with Crippen LogP contribution in [0.2, 0.25) is 0 Å². The van der Waals surface area contributed by atoms with Gasteiger partial charge in [-0.05, 0) is 64.7 Å². The zero-order valence-corrected chi connectivity index (χ0v) is 11.9. The lowest BCUT2D eigenvalue weighted by Crippen LogP contribution is -2.53. The summed E-state index contributed by atoms with van der Waals surface area (Å²) in [6.45, 7) is 5.86. The standard InChI is InChI=1S/C15H26O3/c1-4-18-13(16)14(2,3)15(17)9-5-6-12(10-15)11-7-8-11/h11-12,17H,4-10H2,1-3H3. The van der Waals surface area contributed by atoms with Crippen LogP contribution < -0.4 is 0 Å². The summed E-state index contributed by atoms with van der Waals surface area (Å²) >= 11 is 0. The summed E-state index contributed by atoms with van der Waals surface area (Å²) in [5, 5.41) is 10.9. The molecular weight excluding hydrogens is 228 g/mol. The first-order chi connectivity index (χ1) is 8.40. The van der Waals surface area contributed by atoms with Gasteiger partial charge >= 0.3 is 5.97 Å². The molecule has 0 amide bonds. The van der Waals surface area contributed by atoms with Crippen LogP contribution in [0.4, 0.5) is 0 Å². The lowest BCUT2D eigenvalue weighted by atomic mass is 9.63. The maximum atomic E-state index is 12.1. The van der Waals surface area contributed by atoms with E-state index in [1.54, 1.807) is 0 Å². The van der Waals surface area contributed by atoms with E-state index < -0.39 is 11.0 Å². The molecule has 0 spiro atoms. The van der Waals surface area contributed by atoms with E-state index in [-0.39, 0.29) is 5.97 Å². The lowest BCUT2D eigenvalue weighted by molar-refractivity contribution is -0.178. The number of carbonyl (C=O) groups is 1. The van der Waals surface area contributed by atoms with Gasteiger partial charge in [-0.3, -0.25) is 4.79 Å². The summed E-state index contributed by atoms with van der Waals surface area (Å²) in [7, 11) is 0. The molecule has 104 valence electrons. The normalized spacial score (nSPS) is 33.2. The van der Waals surface area contributed by atoms with E-state index in [9.17, 15) is 9.90 Å². The molecule has 3 heteroatoms. The highest BCUT2D eigenvalue weighted by Gasteiger charge is 2.53. The fourth-order valence-corrected chi connectivity index (χ4v) is 3.33. The average Bonchev–Trinajstić information content (AvgIpc) is 3.13. The van der Waals surface area contributed by atoms with Gasteiger partial charge in [-0.2, -0.15) is 0 Å². The van der Waals surface area contributed by atoms with Crippen molar-refractivity contribution in [1.82, 2.24) is 0 Å². The molecule has 0 bridgehead atoms. The van der Waals surface area contributed by atoms with Gasteiger partial charge in [0.2, 0.25) is 0 Å². The van der Waals surface area contributed by atoms with Crippen molar-refractivity contribution in [1.29, 1.82) is 0 Å². The number of hydrogen-bond donors (Lipinski definition) is 1. The maximum absolute atomic E-state index is 12.1. The first kappa shape index (κ1) is 13.9. The van der Waals surface area contributed by atoms with E-state index in [4.69, 9.17) is 4.74 Å². The number of rotatable bonds is 4. The van der Waals surface area contributed by atoms with Crippen LogP contribution in [0.3, 0.4) is 0 Å². The molecule has 2 aliphatic carbocycles. The molecule has 0 aromatic carbocycles. The molecule has 0 heterocycles. The van der Waals surface area contributed by atoms with Crippen LogP contribution in [-0.4, -0.2) is 23.3 Å². The molecule has 0 saturated heterocycles. The second kappa shape index (κ2) is 4.84. The molecule has 0 aromatic heterocycles. The number of hydrogen-bond acceptors (Lipinski definition) is 3. The van der Waals surface area contributed by atoms with Crippen molar-refractivity contribution in [2.75, 3.05) is 6.61 Å². The second-order valence-electron chi connectivity index (χ2n) is 6.57. The van der Waals surface area contributed by atoms with Crippen molar-refractivity contribution in [3.63, 3.8) is 0 Å². The Kier molecular flexibility index (Phi) is 3.72. The Morgan fingerprint density at radius 1 is 1.33 bits per heavy atom. The first-order valence-electron chi connectivity index (χ1n) is 7.30. The smallest absolute Gasteiger partial charge is 0.314 e. The SMILES string of the molecule is CCOC(=O)C(C)(C)C1(O)CCCC(C2CC2)C1. The van der Waals surface area contributed by atoms with E-state index >= 15 is 0 Å². The molecule has 0 aliphatic heterocycles. The molecular formula is C15H26O3. The van der Waals surface area contributed by atoms with Gasteiger partial charge in [-0.1, -0.05) is 6.42 Å². The van der Waals surface area contributed by atoms with Crippen LogP contribution in [0.5, 0.6) is 0 Å². The van der Waals surface area contributed by atoms with Gasteiger partial charge < -0.3 is 9.84 Å². The highest BCUT2D eigenvalue weighted by Crippen LogP contribution is 2.51. The third-order valence-electron chi connectivity index (χ3n) is 5.00. The summed E-state index contributed by atoms with van der Waals surface area (Å²) in [6, 6.07) is 0. The van der Waals surface area contributed by atoms with E-state index in [1.807, 2.05) is 20.8 Å². The minimum absolute atomic E-state index is 0.260. The third kappa shape index (κ3) is 2.42. The van der Waals surface area contributed by atoms with E-state index in [2.05, 4.69) is 0 Å². The minimum Gasteiger partial charge on any atom is -0.465 e. The number of ether oxygens (including phenoxy) is 1. The van der Waals surface area contributed by atoms with Crippen molar-refractivity contribution in [2.24, 2.45) is 17.3 Å². The molecule has 2 unspecified atom stereocenters. The quantitative estimate of drug-likeness (QED) is 0.785. The molecule has 2 atom stereocenters. The average molecular weight is 254 g/mol. The number of esters is 1. The van der Waals surface area contributed by atoms with Gasteiger partial charge in [0.1, 0.15) is 0 Å². The summed E-state index contributed by atoms with van der Waals surface area (Å²) in [5.74, 6) is 1.15. The predicted molar refractivity (Wildman–Crippen MR) is 70.0 cm³/mol. The fraction of sp³-hybridized carbons (Fsp3) is 0.933. The van der Waals surface area contributed by atoms with E-state index in [0.29, 0.717) is 12.5 Å². The van der Waals surface area contributed by atoms with Crippen LogP contribution in [0.25, 0.3) is 0 Å².